The van der Waals surface area contributed by atoms with Gasteiger partial charge >= 0.3 is 0 Å². The molecule has 1 heterocycles. The summed E-state index contributed by atoms with van der Waals surface area (Å²) in [5, 5.41) is 5.84. The van der Waals surface area contributed by atoms with Crippen LogP contribution in [0.4, 0.5) is 0 Å². The highest BCUT2D eigenvalue weighted by Gasteiger charge is 2.17. The summed E-state index contributed by atoms with van der Waals surface area (Å²) in [7, 11) is 0. The number of aryl methyl sites for hydroxylation is 1. The number of benzene rings is 1. The highest BCUT2D eigenvalue weighted by atomic mass is 32.1. The number of nitrogens with one attached hydrogen (secondary N) is 1. The number of hydrogen-bond donors (Lipinski definition) is 1. The Balaban J connectivity index is 2.13. The van der Waals surface area contributed by atoms with Crippen LogP contribution < -0.4 is 10.1 Å². The Bertz CT molecular complexity index is 576. The van der Waals surface area contributed by atoms with E-state index in [-0.39, 0.29) is 12.1 Å². The summed E-state index contributed by atoms with van der Waals surface area (Å²) in [6.07, 6.45) is 0.190. The second kappa shape index (κ2) is 7.10. The molecule has 21 heavy (non-hydrogen) atoms. The highest BCUT2D eigenvalue weighted by molar-refractivity contribution is 7.10. The van der Waals surface area contributed by atoms with Gasteiger partial charge in [0.05, 0.1) is 6.10 Å². The van der Waals surface area contributed by atoms with Gasteiger partial charge in [-0.1, -0.05) is 18.2 Å². The van der Waals surface area contributed by atoms with Crippen LogP contribution in [0.15, 0.2) is 35.7 Å². The molecule has 2 atom stereocenters. The van der Waals surface area contributed by atoms with E-state index in [4.69, 9.17) is 4.74 Å². The molecule has 3 heteroatoms. The second-order valence-corrected chi connectivity index (χ2v) is 6.73. The van der Waals surface area contributed by atoms with Crippen LogP contribution in [-0.2, 0) is 0 Å². The lowest BCUT2D eigenvalue weighted by Gasteiger charge is -2.23. The highest BCUT2D eigenvalue weighted by Crippen LogP contribution is 2.30. The first-order chi connectivity index (χ1) is 9.99. The standard InChI is InChI=1S/C18H25NOS/c1-12(2)20-17-9-7-6-8-16(17)14(4)19-15(5)18-13(3)10-11-21-18/h6-12,14-15,19H,1-5H3. The minimum absolute atomic E-state index is 0.190. The minimum Gasteiger partial charge on any atom is -0.491 e. The van der Waals surface area contributed by atoms with Crippen LogP contribution in [0.2, 0.25) is 0 Å². The van der Waals surface area contributed by atoms with E-state index in [0.29, 0.717) is 6.04 Å². The van der Waals surface area contributed by atoms with Gasteiger partial charge in [0.2, 0.25) is 0 Å². The van der Waals surface area contributed by atoms with E-state index in [9.17, 15) is 0 Å². The molecule has 2 aromatic rings. The zero-order valence-electron chi connectivity index (χ0n) is 13.5. The van der Waals surface area contributed by atoms with Gasteiger partial charge in [-0.15, -0.1) is 11.3 Å². The van der Waals surface area contributed by atoms with Gasteiger partial charge in [-0.25, -0.2) is 0 Å². The van der Waals surface area contributed by atoms with E-state index in [0.717, 1.165) is 5.75 Å². The van der Waals surface area contributed by atoms with Crippen molar-refractivity contribution in [2.75, 3.05) is 0 Å². The van der Waals surface area contributed by atoms with Gasteiger partial charge in [0.25, 0.3) is 0 Å². The fourth-order valence-electron chi connectivity index (χ4n) is 2.57. The van der Waals surface area contributed by atoms with E-state index >= 15 is 0 Å². The monoisotopic (exact) mass is 303 g/mol. The van der Waals surface area contributed by atoms with E-state index in [1.54, 1.807) is 0 Å². The zero-order chi connectivity index (χ0) is 15.4. The summed E-state index contributed by atoms with van der Waals surface area (Å²) in [6, 6.07) is 11.1. The van der Waals surface area contributed by atoms with Crippen molar-refractivity contribution in [2.24, 2.45) is 0 Å². The molecule has 0 radical (unpaired) electrons. The Morgan fingerprint density at radius 2 is 1.71 bits per heavy atom. The fourth-order valence-corrected chi connectivity index (χ4v) is 3.51. The molecule has 0 aliphatic carbocycles. The summed E-state index contributed by atoms with van der Waals surface area (Å²) in [5.41, 5.74) is 2.58. The molecule has 1 aromatic carbocycles. The predicted molar refractivity (Wildman–Crippen MR) is 91.2 cm³/mol. The maximum absolute atomic E-state index is 5.93. The van der Waals surface area contributed by atoms with E-state index < -0.39 is 0 Å². The maximum Gasteiger partial charge on any atom is 0.124 e. The minimum atomic E-state index is 0.190. The Morgan fingerprint density at radius 1 is 1.00 bits per heavy atom. The third kappa shape index (κ3) is 4.08. The number of para-hydroxylation sites is 1. The molecule has 0 amide bonds. The summed E-state index contributed by atoms with van der Waals surface area (Å²) in [5.74, 6) is 0.975. The van der Waals surface area contributed by atoms with Crippen molar-refractivity contribution < 1.29 is 4.74 Å². The van der Waals surface area contributed by atoms with Crippen LogP contribution in [0.5, 0.6) is 5.75 Å². The topological polar surface area (TPSA) is 21.3 Å². The maximum atomic E-state index is 5.93. The molecule has 0 aliphatic heterocycles. The molecule has 2 rings (SSSR count). The average Bonchev–Trinajstić information content (AvgIpc) is 2.85. The molecule has 2 unspecified atom stereocenters. The molecule has 0 saturated heterocycles. The molecular weight excluding hydrogens is 278 g/mol. The van der Waals surface area contributed by atoms with Gasteiger partial charge in [0.15, 0.2) is 0 Å². The van der Waals surface area contributed by atoms with Crippen LogP contribution in [0.1, 0.15) is 55.8 Å². The Kier molecular flexibility index (Phi) is 5.43. The third-order valence-corrected chi connectivity index (χ3v) is 4.74. The predicted octanol–water partition coefficient (Wildman–Crippen LogP) is 5.26. The molecule has 0 saturated carbocycles. The molecule has 1 N–H and O–H groups in total. The van der Waals surface area contributed by atoms with Crippen molar-refractivity contribution in [1.82, 2.24) is 5.32 Å². The van der Waals surface area contributed by atoms with Gasteiger partial charge < -0.3 is 10.1 Å². The van der Waals surface area contributed by atoms with Crippen molar-refractivity contribution in [1.29, 1.82) is 0 Å². The first-order valence-corrected chi connectivity index (χ1v) is 8.42. The Labute approximate surface area is 132 Å². The van der Waals surface area contributed by atoms with Crippen LogP contribution in [0, 0.1) is 6.92 Å². The number of thiophene rings is 1. The van der Waals surface area contributed by atoms with E-state index in [1.165, 1.54) is 16.0 Å². The summed E-state index contributed by atoms with van der Waals surface area (Å²) in [6.45, 7) is 10.7. The van der Waals surface area contributed by atoms with E-state index in [1.807, 2.05) is 17.4 Å². The lowest BCUT2D eigenvalue weighted by atomic mass is 10.1. The van der Waals surface area contributed by atoms with Crippen molar-refractivity contribution in [3.05, 3.63) is 51.7 Å². The van der Waals surface area contributed by atoms with Crippen LogP contribution in [0.3, 0.4) is 0 Å². The van der Waals surface area contributed by atoms with Crippen molar-refractivity contribution in [2.45, 2.75) is 52.8 Å². The summed E-state index contributed by atoms with van der Waals surface area (Å²) in [4.78, 5) is 1.41. The molecule has 2 nitrogen and oxygen atoms in total. The lowest BCUT2D eigenvalue weighted by Crippen LogP contribution is -2.23. The Morgan fingerprint density at radius 3 is 2.33 bits per heavy atom. The summed E-state index contributed by atoms with van der Waals surface area (Å²) < 4.78 is 5.93. The zero-order valence-corrected chi connectivity index (χ0v) is 14.3. The number of rotatable bonds is 6. The second-order valence-electron chi connectivity index (χ2n) is 5.78. The van der Waals surface area contributed by atoms with E-state index in [2.05, 4.69) is 69.6 Å². The molecule has 114 valence electrons. The van der Waals surface area contributed by atoms with Gasteiger partial charge in [-0.2, -0.15) is 0 Å². The van der Waals surface area contributed by atoms with Gasteiger partial charge in [0, 0.05) is 22.5 Å². The Hall–Kier alpha value is -1.32. The largest absolute Gasteiger partial charge is 0.491 e. The van der Waals surface area contributed by atoms with Crippen molar-refractivity contribution in [3.8, 4) is 5.75 Å². The molecule has 1 aromatic heterocycles. The van der Waals surface area contributed by atoms with Gasteiger partial charge in [-0.3, -0.25) is 0 Å². The first kappa shape index (κ1) is 16.1. The SMILES string of the molecule is Cc1ccsc1C(C)NC(C)c1ccccc1OC(C)C. The van der Waals surface area contributed by atoms with Crippen LogP contribution >= 0.6 is 11.3 Å². The number of hydrogen-bond acceptors (Lipinski definition) is 3. The first-order valence-electron chi connectivity index (χ1n) is 7.54. The lowest BCUT2D eigenvalue weighted by molar-refractivity contribution is 0.237. The normalized spacial score (nSPS) is 14.2. The molecule has 0 aliphatic rings. The molecule has 0 spiro atoms. The van der Waals surface area contributed by atoms with Crippen molar-refractivity contribution >= 4 is 11.3 Å². The average molecular weight is 303 g/mol. The van der Waals surface area contributed by atoms with Crippen LogP contribution in [0.25, 0.3) is 0 Å². The van der Waals surface area contributed by atoms with Crippen LogP contribution in [-0.4, -0.2) is 6.10 Å². The molecule has 0 bridgehead atoms. The smallest absolute Gasteiger partial charge is 0.124 e. The third-order valence-electron chi connectivity index (χ3n) is 3.54. The van der Waals surface area contributed by atoms with Gasteiger partial charge in [-0.05, 0) is 57.7 Å². The van der Waals surface area contributed by atoms with Gasteiger partial charge in [0.1, 0.15) is 5.75 Å². The molecule has 0 fully saturated rings. The number of ether oxygens (including phenoxy) is 1. The summed E-state index contributed by atoms with van der Waals surface area (Å²) >= 11 is 1.82. The van der Waals surface area contributed by atoms with Crippen molar-refractivity contribution in [3.63, 3.8) is 0 Å². The molecular formula is C18H25NOS. The quantitative estimate of drug-likeness (QED) is 0.786. The fraction of sp³-hybridized carbons (Fsp3) is 0.444.